The molecule has 2 heterocycles. The van der Waals surface area contributed by atoms with E-state index in [9.17, 15) is 0 Å². The summed E-state index contributed by atoms with van der Waals surface area (Å²) in [6.07, 6.45) is 3.56. The second kappa shape index (κ2) is 4.83. The Bertz CT molecular complexity index is 772. The second-order valence-electron chi connectivity index (χ2n) is 4.12. The molecule has 0 saturated heterocycles. The van der Waals surface area contributed by atoms with E-state index in [0.717, 1.165) is 21.2 Å². The van der Waals surface area contributed by atoms with Gasteiger partial charge in [0.1, 0.15) is 5.82 Å². The maximum atomic E-state index is 6.30. The van der Waals surface area contributed by atoms with Gasteiger partial charge in [-0.05, 0) is 30.3 Å². The summed E-state index contributed by atoms with van der Waals surface area (Å²) in [4.78, 5) is 7.65. The minimum Gasteiger partial charge on any atom is -0.337 e. The molecule has 96 valence electrons. The molecule has 0 spiro atoms. The average Bonchev–Trinajstić information content (AvgIpc) is 2.96. The standard InChI is InChI=1S/C13H10BrClN4/c1-19-9(4-5-16-19)7-10(15)13-17-11-3-2-8(14)6-12(11)18-13/h2-7H,1H3,(H,17,18). The third kappa shape index (κ3) is 2.43. The molecule has 0 bridgehead atoms. The zero-order chi connectivity index (χ0) is 13.4. The van der Waals surface area contributed by atoms with Crippen molar-refractivity contribution in [1.29, 1.82) is 0 Å². The number of imidazole rings is 1. The molecule has 4 nitrogen and oxygen atoms in total. The quantitative estimate of drug-likeness (QED) is 0.773. The van der Waals surface area contributed by atoms with Crippen molar-refractivity contribution in [3.05, 3.63) is 46.5 Å². The number of nitrogens with zero attached hydrogens (tertiary/aromatic N) is 3. The highest BCUT2D eigenvalue weighted by Crippen LogP contribution is 2.24. The molecule has 0 fully saturated rings. The normalized spacial score (nSPS) is 12.3. The third-order valence-corrected chi connectivity index (χ3v) is 3.58. The smallest absolute Gasteiger partial charge is 0.150 e. The number of aromatic nitrogens is 4. The number of H-pyrrole nitrogens is 1. The number of hydrogen-bond donors (Lipinski definition) is 1. The van der Waals surface area contributed by atoms with Crippen molar-refractivity contribution >= 4 is 49.7 Å². The molecule has 3 rings (SSSR count). The molecule has 0 aliphatic carbocycles. The zero-order valence-corrected chi connectivity index (χ0v) is 12.4. The molecule has 2 aromatic heterocycles. The van der Waals surface area contributed by atoms with E-state index in [1.807, 2.05) is 37.4 Å². The average molecular weight is 338 g/mol. The number of rotatable bonds is 2. The molecular formula is C13H10BrClN4. The van der Waals surface area contributed by atoms with Crippen LogP contribution in [0.15, 0.2) is 34.9 Å². The van der Waals surface area contributed by atoms with Gasteiger partial charge in [0.05, 0.1) is 21.8 Å². The number of halogens is 2. The topological polar surface area (TPSA) is 46.5 Å². The van der Waals surface area contributed by atoms with Gasteiger partial charge in [-0.2, -0.15) is 5.10 Å². The number of fused-ring (bicyclic) bond motifs is 1. The molecule has 1 N–H and O–H groups in total. The van der Waals surface area contributed by atoms with Crippen LogP contribution >= 0.6 is 27.5 Å². The Hall–Kier alpha value is -1.59. The maximum Gasteiger partial charge on any atom is 0.150 e. The fourth-order valence-corrected chi connectivity index (χ4v) is 2.38. The van der Waals surface area contributed by atoms with Gasteiger partial charge >= 0.3 is 0 Å². The minimum atomic E-state index is 0.552. The Balaban J connectivity index is 2.04. The van der Waals surface area contributed by atoms with Crippen molar-refractivity contribution in [2.45, 2.75) is 0 Å². The highest BCUT2D eigenvalue weighted by Gasteiger charge is 2.07. The molecule has 1 aromatic carbocycles. The van der Waals surface area contributed by atoms with Crippen LogP contribution in [-0.2, 0) is 7.05 Å². The van der Waals surface area contributed by atoms with Crippen LogP contribution in [0.5, 0.6) is 0 Å². The highest BCUT2D eigenvalue weighted by molar-refractivity contribution is 9.10. The molecule has 0 radical (unpaired) electrons. The Kier molecular flexibility index (Phi) is 3.16. The first kappa shape index (κ1) is 12.4. The van der Waals surface area contributed by atoms with Crippen molar-refractivity contribution in [2.24, 2.45) is 7.05 Å². The van der Waals surface area contributed by atoms with E-state index in [0.29, 0.717) is 10.9 Å². The van der Waals surface area contributed by atoms with E-state index in [2.05, 4.69) is 31.0 Å². The van der Waals surface area contributed by atoms with Crippen molar-refractivity contribution in [1.82, 2.24) is 19.7 Å². The summed E-state index contributed by atoms with van der Waals surface area (Å²) < 4.78 is 2.75. The van der Waals surface area contributed by atoms with Gasteiger partial charge in [0.2, 0.25) is 0 Å². The van der Waals surface area contributed by atoms with Gasteiger partial charge in [-0.1, -0.05) is 27.5 Å². The lowest BCUT2D eigenvalue weighted by molar-refractivity contribution is 0.760. The first-order valence-electron chi connectivity index (χ1n) is 5.64. The van der Waals surface area contributed by atoms with Gasteiger partial charge in [0, 0.05) is 17.7 Å². The molecule has 0 aliphatic heterocycles. The van der Waals surface area contributed by atoms with Crippen LogP contribution in [0.4, 0.5) is 0 Å². The molecule has 0 atom stereocenters. The fourth-order valence-electron chi connectivity index (χ4n) is 1.82. The molecule has 3 aromatic rings. The summed E-state index contributed by atoms with van der Waals surface area (Å²) in [5.74, 6) is 0.649. The van der Waals surface area contributed by atoms with Gasteiger partial charge < -0.3 is 4.98 Å². The van der Waals surface area contributed by atoms with E-state index in [4.69, 9.17) is 11.6 Å². The van der Waals surface area contributed by atoms with E-state index in [1.165, 1.54) is 0 Å². The Morgan fingerprint density at radius 3 is 3.00 bits per heavy atom. The van der Waals surface area contributed by atoms with Crippen LogP contribution in [0.25, 0.3) is 22.1 Å². The van der Waals surface area contributed by atoms with Gasteiger partial charge in [-0.25, -0.2) is 4.98 Å². The van der Waals surface area contributed by atoms with Gasteiger partial charge in [-0.15, -0.1) is 0 Å². The lowest BCUT2D eigenvalue weighted by atomic mass is 10.3. The molecule has 0 aliphatic rings. The van der Waals surface area contributed by atoms with E-state index in [1.54, 1.807) is 10.9 Å². The first-order valence-corrected chi connectivity index (χ1v) is 6.81. The summed E-state index contributed by atoms with van der Waals surface area (Å²) >= 11 is 9.73. The Morgan fingerprint density at radius 1 is 1.42 bits per heavy atom. The van der Waals surface area contributed by atoms with Crippen LogP contribution in [0, 0.1) is 0 Å². The number of benzene rings is 1. The molecule has 6 heteroatoms. The SMILES string of the molecule is Cn1nccc1C=C(Cl)c1nc2ccc(Br)cc2[nH]1. The van der Waals surface area contributed by atoms with Gasteiger partial charge in [0.15, 0.2) is 0 Å². The van der Waals surface area contributed by atoms with E-state index >= 15 is 0 Å². The summed E-state index contributed by atoms with van der Waals surface area (Å²) in [5, 5.41) is 4.65. The van der Waals surface area contributed by atoms with Crippen LogP contribution in [0.1, 0.15) is 11.5 Å². The number of aryl methyl sites for hydroxylation is 1. The van der Waals surface area contributed by atoms with Crippen LogP contribution in [0.3, 0.4) is 0 Å². The Morgan fingerprint density at radius 2 is 2.26 bits per heavy atom. The predicted octanol–water partition coefficient (Wildman–Crippen LogP) is 3.80. The van der Waals surface area contributed by atoms with Crippen molar-refractivity contribution < 1.29 is 0 Å². The van der Waals surface area contributed by atoms with Crippen molar-refractivity contribution in [2.75, 3.05) is 0 Å². The largest absolute Gasteiger partial charge is 0.337 e. The fraction of sp³-hybridized carbons (Fsp3) is 0.0769. The van der Waals surface area contributed by atoms with E-state index in [-0.39, 0.29) is 0 Å². The molecular weight excluding hydrogens is 328 g/mol. The number of hydrogen-bond acceptors (Lipinski definition) is 2. The van der Waals surface area contributed by atoms with Crippen LogP contribution in [0.2, 0.25) is 0 Å². The monoisotopic (exact) mass is 336 g/mol. The Labute approximate surface area is 123 Å². The van der Waals surface area contributed by atoms with E-state index < -0.39 is 0 Å². The molecule has 0 saturated carbocycles. The lowest BCUT2D eigenvalue weighted by Gasteiger charge is -1.96. The summed E-state index contributed by atoms with van der Waals surface area (Å²) in [5.41, 5.74) is 2.75. The molecule has 19 heavy (non-hydrogen) atoms. The number of aromatic amines is 1. The zero-order valence-electron chi connectivity index (χ0n) is 10.1. The van der Waals surface area contributed by atoms with Crippen LogP contribution < -0.4 is 0 Å². The predicted molar refractivity (Wildman–Crippen MR) is 80.7 cm³/mol. The molecule has 0 amide bonds. The highest BCUT2D eigenvalue weighted by atomic mass is 79.9. The summed E-state index contributed by atoms with van der Waals surface area (Å²) in [6.45, 7) is 0. The lowest BCUT2D eigenvalue weighted by Crippen LogP contribution is -1.92. The van der Waals surface area contributed by atoms with Gasteiger partial charge in [-0.3, -0.25) is 4.68 Å². The van der Waals surface area contributed by atoms with Crippen molar-refractivity contribution in [3.63, 3.8) is 0 Å². The van der Waals surface area contributed by atoms with Crippen molar-refractivity contribution in [3.8, 4) is 0 Å². The number of nitrogens with one attached hydrogen (secondary N) is 1. The van der Waals surface area contributed by atoms with Crippen LogP contribution in [-0.4, -0.2) is 19.7 Å². The second-order valence-corrected chi connectivity index (χ2v) is 5.44. The van der Waals surface area contributed by atoms with Gasteiger partial charge in [0.25, 0.3) is 0 Å². The molecule has 0 unspecified atom stereocenters. The summed E-state index contributed by atoms with van der Waals surface area (Å²) in [7, 11) is 1.87. The maximum absolute atomic E-state index is 6.30. The summed E-state index contributed by atoms with van der Waals surface area (Å²) in [6, 6.07) is 7.75. The minimum absolute atomic E-state index is 0.552. The first-order chi connectivity index (χ1) is 9.13. The third-order valence-electron chi connectivity index (χ3n) is 2.80.